The van der Waals surface area contributed by atoms with E-state index in [0.29, 0.717) is 27.7 Å². The molecular formula is C18H12N4O2. The van der Waals surface area contributed by atoms with E-state index in [2.05, 4.69) is 4.98 Å². The normalized spacial score (nSPS) is 10.3. The molecule has 6 heteroatoms. The average Bonchev–Trinajstić information content (AvgIpc) is 2.55. The largest absolute Gasteiger partial charge is 0.507 e. The van der Waals surface area contributed by atoms with Gasteiger partial charge < -0.3 is 15.9 Å². The minimum atomic E-state index is -0.114. The molecule has 0 atom stereocenters. The van der Waals surface area contributed by atoms with Crippen LogP contribution in [0.5, 0.6) is 11.5 Å². The lowest BCUT2D eigenvalue weighted by atomic mass is 9.99. The highest BCUT2D eigenvalue weighted by atomic mass is 16.3. The summed E-state index contributed by atoms with van der Waals surface area (Å²) in [4.78, 5) is 4.40. The van der Waals surface area contributed by atoms with Crippen molar-refractivity contribution < 1.29 is 10.2 Å². The third kappa shape index (κ3) is 2.15. The minimum absolute atomic E-state index is 0.0171. The molecule has 1 heterocycles. The van der Waals surface area contributed by atoms with Crippen LogP contribution < -0.4 is 5.73 Å². The maximum absolute atomic E-state index is 10.2. The number of pyridine rings is 1. The van der Waals surface area contributed by atoms with Gasteiger partial charge in [-0.2, -0.15) is 10.5 Å². The average molecular weight is 316 g/mol. The van der Waals surface area contributed by atoms with Crippen molar-refractivity contribution in [1.29, 1.82) is 10.5 Å². The van der Waals surface area contributed by atoms with Crippen molar-refractivity contribution in [3.8, 4) is 34.9 Å². The van der Waals surface area contributed by atoms with E-state index >= 15 is 0 Å². The molecule has 0 saturated heterocycles. The smallest absolute Gasteiger partial charge is 0.127 e. The van der Waals surface area contributed by atoms with Crippen molar-refractivity contribution in [3.63, 3.8) is 0 Å². The third-order valence-corrected chi connectivity index (χ3v) is 3.86. The van der Waals surface area contributed by atoms with E-state index in [1.165, 1.54) is 24.3 Å². The highest BCUT2D eigenvalue weighted by Crippen LogP contribution is 2.38. The quantitative estimate of drug-likeness (QED) is 0.592. The zero-order valence-corrected chi connectivity index (χ0v) is 12.7. The molecule has 3 aromatic rings. The first-order valence-corrected chi connectivity index (χ1v) is 7.03. The number of phenolic OH excluding ortho intramolecular Hbond substituents is 2. The summed E-state index contributed by atoms with van der Waals surface area (Å²) in [6.45, 7) is 1.76. The minimum Gasteiger partial charge on any atom is -0.507 e. The fourth-order valence-electron chi connectivity index (χ4n) is 2.71. The van der Waals surface area contributed by atoms with Gasteiger partial charge in [0.05, 0.1) is 33.6 Å². The second-order valence-corrected chi connectivity index (χ2v) is 5.32. The molecule has 0 unspecified atom stereocenters. The van der Waals surface area contributed by atoms with Crippen molar-refractivity contribution in [2.75, 3.05) is 5.73 Å². The third-order valence-electron chi connectivity index (χ3n) is 3.86. The molecule has 0 amide bonds. The molecule has 0 bridgehead atoms. The molecule has 0 aliphatic rings. The lowest BCUT2D eigenvalue weighted by Gasteiger charge is -2.13. The van der Waals surface area contributed by atoms with Crippen LogP contribution in [0.3, 0.4) is 0 Å². The number of benzene rings is 2. The Labute approximate surface area is 137 Å². The van der Waals surface area contributed by atoms with Gasteiger partial charge in [0.15, 0.2) is 0 Å². The second kappa shape index (κ2) is 5.45. The van der Waals surface area contributed by atoms with E-state index in [1.807, 2.05) is 12.1 Å². The molecule has 6 nitrogen and oxygen atoms in total. The van der Waals surface area contributed by atoms with Gasteiger partial charge in [-0.15, -0.1) is 0 Å². The molecule has 24 heavy (non-hydrogen) atoms. The number of nitrogens with zero attached hydrogens (tertiary/aromatic N) is 3. The number of phenols is 2. The van der Waals surface area contributed by atoms with Crippen LogP contribution in [0.2, 0.25) is 0 Å². The topological polar surface area (TPSA) is 127 Å². The molecule has 4 N–H and O–H groups in total. The second-order valence-electron chi connectivity index (χ2n) is 5.32. The van der Waals surface area contributed by atoms with Crippen molar-refractivity contribution in [3.05, 3.63) is 47.0 Å². The lowest BCUT2D eigenvalue weighted by Crippen LogP contribution is -1.98. The number of nitrogen functional groups attached to an aromatic ring is 1. The first-order valence-electron chi connectivity index (χ1n) is 7.03. The monoisotopic (exact) mass is 316 g/mol. The van der Waals surface area contributed by atoms with Gasteiger partial charge in [0.2, 0.25) is 0 Å². The predicted octanol–water partition coefficient (Wildman–Crippen LogP) is 2.95. The van der Waals surface area contributed by atoms with E-state index in [-0.39, 0.29) is 28.3 Å². The number of aromatic nitrogens is 1. The fraction of sp³-hybridized carbons (Fsp3) is 0.0556. The van der Waals surface area contributed by atoms with Crippen molar-refractivity contribution >= 4 is 16.6 Å². The standard InChI is InChI=1S/C18H12N4O2/c1-9-6-12(16-14(24)4-2-10(7-19)17(16)21)22-18-11(8-20)3-5-13(23)15(9)18/h2-6,23-24H,21H2,1H3. The Morgan fingerprint density at radius 3 is 2.29 bits per heavy atom. The molecule has 0 aliphatic heterocycles. The van der Waals surface area contributed by atoms with Gasteiger partial charge in [0.25, 0.3) is 0 Å². The molecule has 2 aromatic carbocycles. The van der Waals surface area contributed by atoms with Gasteiger partial charge in [0, 0.05) is 5.39 Å². The summed E-state index contributed by atoms with van der Waals surface area (Å²) in [6.07, 6.45) is 0. The van der Waals surface area contributed by atoms with Crippen LogP contribution in [-0.2, 0) is 0 Å². The van der Waals surface area contributed by atoms with Crippen molar-refractivity contribution in [2.45, 2.75) is 6.92 Å². The van der Waals surface area contributed by atoms with Gasteiger partial charge in [-0.1, -0.05) is 0 Å². The van der Waals surface area contributed by atoms with Crippen LogP contribution in [0, 0.1) is 29.6 Å². The number of aromatic hydroxyl groups is 2. The van der Waals surface area contributed by atoms with Crippen molar-refractivity contribution in [1.82, 2.24) is 4.98 Å². The number of nitrogens with two attached hydrogens (primary N) is 1. The van der Waals surface area contributed by atoms with Gasteiger partial charge >= 0.3 is 0 Å². The summed E-state index contributed by atoms with van der Waals surface area (Å²) >= 11 is 0. The van der Waals surface area contributed by atoms with E-state index in [9.17, 15) is 15.5 Å². The summed E-state index contributed by atoms with van der Waals surface area (Å²) in [6, 6.07) is 11.4. The summed E-state index contributed by atoms with van der Waals surface area (Å²) < 4.78 is 0. The lowest BCUT2D eigenvalue weighted by molar-refractivity contribution is 0.477. The van der Waals surface area contributed by atoms with E-state index in [0.717, 1.165) is 0 Å². The Morgan fingerprint density at radius 2 is 1.62 bits per heavy atom. The van der Waals surface area contributed by atoms with Gasteiger partial charge in [0.1, 0.15) is 23.6 Å². The predicted molar refractivity (Wildman–Crippen MR) is 89.1 cm³/mol. The SMILES string of the molecule is Cc1cc(-c2c(O)ccc(C#N)c2N)nc2c(C#N)ccc(O)c12. The number of anilines is 1. The maximum Gasteiger partial charge on any atom is 0.127 e. The Kier molecular flexibility index (Phi) is 3.44. The maximum atomic E-state index is 10.2. The summed E-state index contributed by atoms with van der Waals surface area (Å²) in [5.74, 6) is -0.0973. The zero-order valence-electron chi connectivity index (χ0n) is 12.7. The number of aryl methyl sites for hydroxylation is 1. The van der Waals surface area contributed by atoms with E-state index in [1.54, 1.807) is 13.0 Å². The van der Waals surface area contributed by atoms with Gasteiger partial charge in [-0.25, -0.2) is 4.98 Å². The molecule has 0 fully saturated rings. The Morgan fingerprint density at radius 1 is 1.00 bits per heavy atom. The van der Waals surface area contributed by atoms with Crippen LogP contribution in [0.4, 0.5) is 5.69 Å². The molecular weight excluding hydrogens is 304 g/mol. The molecule has 0 aliphatic carbocycles. The first kappa shape index (κ1) is 15.1. The van der Waals surface area contributed by atoms with Crippen LogP contribution in [-0.4, -0.2) is 15.2 Å². The number of rotatable bonds is 1. The number of hydrogen-bond donors (Lipinski definition) is 3. The zero-order chi connectivity index (χ0) is 17.4. The number of nitriles is 2. The molecule has 0 spiro atoms. The molecule has 1 aromatic heterocycles. The fourth-order valence-corrected chi connectivity index (χ4v) is 2.71. The van der Waals surface area contributed by atoms with Crippen LogP contribution in [0.25, 0.3) is 22.2 Å². The highest BCUT2D eigenvalue weighted by molar-refractivity contribution is 5.95. The summed E-state index contributed by atoms with van der Waals surface area (Å²) in [5, 5.41) is 39.1. The van der Waals surface area contributed by atoms with Crippen LogP contribution in [0.15, 0.2) is 30.3 Å². The van der Waals surface area contributed by atoms with Crippen molar-refractivity contribution in [2.24, 2.45) is 0 Å². The van der Waals surface area contributed by atoms with Gasteiger partial charge in [-0.05, 0) is 42.8 Å². The number of hydrogen-bond acceptors (Lipinski definition) is 6. The Bertz CT molecular complexity index is 1080. The van der Waals surface area contributed by atoms with E-state index < -0.39 is 0 Å². The molecule has 0 saturated carbocycles. The van der Waals surface area contributed by atoms with Gasteiger partial charge in [-0.3, -0.25) is 0 Å². The molecule has 0 radical (unpaired) electrons. The molecule has 116 valence electrons. The Balaban J connectivity index is 2.43. The van der Waals surface area contributed by atoms with Crippen LogP contribution in [0.1, 0.15) is 16.7 Å². The molecule has 3 rings (SSSR count). The van der Waals surface area contributed by atoms with E-state index in [4.69, 9.17) is 11.0 Å². The highest BCUT2D eigenvalue weighted by Gasteiger charge is 2.17. The number of fused-ring (bicyclic) bond motifs is 1. The Hall–Kier alpha value is -3.77. The summed E-state index contributed by atoms with van der Waals surface area (Å²) in [7, 11) is 0. The van der Waals surface area contributed by atoms with Crippen LogP contribution >= 0.6 is 0 Å². The summed E-state index contributed by atoms with van der Waals surface area (Å²) in [5.41, 5.74) is 8.15. The first-order chi connectivity index (χ1) is 11.5.